The minimum Gasteiger partial charge on any atom is -0.461 e. The highest BCUT2D eigenvalue weighted by atomic mass is 16.5. The molecule has 0 aliphatic heterocycles. The van der Waals surface area contributed by atoms with Crippen molar-refractivity contribution in [2.24, 2.45) is 23.2 Å². The SMILES string of the molecule is CCC1C2CCC(C2)C1OC(=O)C(C)(C)CC. The number of esters is 1. The van der Waals surface area contributed by atoms with Crippen molar-refractivity contribution in [3.63, 3.8) is 0 Å². The zero-order chi connectivity index (χ0) is 12.6. The van der Waals surface area contributed by atoms with Gasteiger partial charge in [-0.2, -0.15) is 0 Å². The number of fused-ring (bicyclic) bond motifs is 2. The fourth-order valence-corrected chi connectivity index (χ4v) is 3.53. The summed E-state index contributed by atoms with van der Waals surface area (Å²) in [5, 5.41) is 0. The maximum absolute atomic E-state index is 12.2. The van der Waals surface area contributed by atoms with Crippen molar-refractivity contribution >= 4 is 5.97 Å². The predicted octanol–water partition coefficient (Wildman–Crippen LogP) is 3.79. The summed E-state index contributed by atoms with van der Waals surface area (Å²) in [6, 6.07) is 0. The predicted molar refractivity (Wildman–Crippen MR) is 68.6 cm³/mol. The number of carbonyl (C=O) groups is 1. The van der Waals surface area contributed by atoms with Crippen molar-refractivity contribution in [3.8, 4) is 0 Å². The van der Waals surface area contributed by atoms with Gasteiger partial charge in [-0.15, -0.1) is 0 Å². The largest absolute Gasteiger partial charge is 0.461 e. The van der Waals surface area contributed by atoms with Crippen LogP contribution in [0.4, 0.5) is 0 Å². The first-order valence-electron chi connectivity index (χ1n) is 7.20. The van der Waals surface area contributed by atoms with Gasteiger partial charge in [-0.3, -0.25) is 4.79 Å². The molecule has 0 aromatic rings. The van der Waals surface area contributed by atoms with Crippen molar-refractivity contribution < 1.29 is 9.53 Å². The van der Waals surface area contributed by atoms with Gasteiger partial charge in [0.1, 0.15) is 6.10 Å². The highest BCUT2D eigenvalue weighted by molar-refractivity contribution is 5.76. The zero-order valence-electron chi connectivity index (χ0n) is 11.7. The lowest BCUT2D eigenvalue weighted by atomic mass is 9.84. The highest BCUT2D eigenvalue weighted by Crippen LogP contribution is 2.51. The Kier molecular flexibility index (Phi) is 3.51. The third-order valence-electron chi connectivity index (χ3n) is 5.16. The van der Waals surface area contributed by atoms with E-state index in [2.05, 4.69) is 13.8 Å². The third kappa shape index (κ3) is 2.23. The van der Waals surface area contributed by atoms with E-state index < -0.39 is 0 Å². The number of hydrogen-bond acceptors (Lipinski definition) is 2. The maximum atomic E-state index is 12.2. The Hall–Kier alpha value is -0.530. The third-order valence-corrected chi connectivity index (χ3v) is 5.16. The summed E-state index contributed by atoms with van der Waals surface area (Å²) in [6.07, 6.45) is 6.15. The molecule has 98 valence electrons. The van der Waals surface area contributed by atoms with E-state index in [9.17, 15) is 4.79 Å². The molecule has 4 unspecified atom stereocenters. The number of carbonyl (C=O) groups excluding carboxylic acids is 1. The maximum Gasteiger partial charge on any atom is 0.311 e. The van der Waals surface area contributed by atoms with Crippen molar-refractivity contribution in [2.45, 2.75) is 65.9 Å². The van der Waals surface area contributed by atoms with Crippen molar-refractivity contribution in [1.29, 1.82) is 0 Å². The lowest BCUT2D eigenvalue weighted by molar-refractivity contribution is -0.165. The molecule has 2 saturated carbocycles. The molecule has 0 heterocycles. The molecule has 0 radical (unpaired) electrons. The van der Waals surface area contributed by atoms with Gasteiger partial charge in [0.2, 0.25) is 0 Å². The van der Waals surface area contributed by atoms with Gasteiger partial charge in [0.25, 0.3) is 0 Å². The molecule has 0 N–H and O–H groups in total. The summed E-state index contributed by atoms with van der Waals surface area (Å²) in [6.45, 7) is 8.27. The second-order valence-corrected chi connectivity index (χ2v) is 6.51. The first-order valence-corrected chi connectivity index (χ1v) is 7.20. The Morgan fingerprint density at radius 1 is 1.24 bits per heavy atom. The normalized spacial score (nSPS) is 36.2. The summed E-state index contributed by atoms with van der Waals surface area (Å²) in [5.74, 6) is 2.12. The summed E-state index contributed by atoms with van der Waals surface area (Å²) in [4.78, 5) is 12.2. The standard InChI is InChI=1S/C15H26O2/c1-5-12-10-7-8-11(9-10)13(12)17-14(16)15(3,4)6-2/h10-13H,5-9H2,1-4H3. The second kappa shape index (κ2) is 4.62. The van der Waals surface area contributed by atoms with E-state index in [4.69, 9.17) is 4.74 Å². The van der Waals surface area contributed by atoms with Gasteiger partial charge in [-0.25, -0.2) is 0 Å². The van der Waals surface area contributed by atoms with Crippen LogP contribution in [0.25, 0.3) is 0 Å². The molecule has 2 rings (SSSR count). The Morgan fingerprint density at radius 3 is 2.47 bits per heavy atom. The van der Waals surface area contributed by atoms with E-state index in [0.717, 1.165) is 18.8 Å². The monoisotopic (exact) mass is 238 g/mol. The van der Waals surface area contributed by atoms with E-state index >= 15 is 0 Å². The molecular weight excluding hydrogens is 212 g/mol. The summed E-state index contributed by atoms with van der Waals surface area (Å²) in [5.41, 5.74) is -0.319. The highest BCUT2D eigenvalue weighted by Gasteiger charge is 2.49. The number of hydrogen-bond donors (Lipinski definition) is 0. The first kappa shape index (κ1) is 12.9. The molecule has 2 aliphatic rings. The second-order valence-electron chi connectivity index (χ2n) is 6.51. The molecule has 2 aliphatic carbocycles. The molecule has 2 nitrogen and oxygen atoms in total. The van der Waals surface area contributed by atoms with E-state index in [1.807, 2.05) is 13.8 Å². The molecular formula is C15H26O2. The smallest absolute Gasteiger partial charge is 0.311 e. The van der Waals surface area contributed by atoms with Crippen LogP contribution in [-0.2, 0) is 9.53 Å². The first-order chi connectivity index (χ1) is 7.99. The summed E-state index contributed by atoms with van der Waals surface area (Å²) < 4.78 is 5.87. The van der Waals surface area contributed by atoms with Crippen LogP contribution >= 0.6 is 0 Å². The molecule has 0 saturated heterocycles. The Bertz CT molecular complexity index is 295. The van der Waals surface area contributed by atoms with Crippen LogP contribution in [-0.4, -0.2) is 12.1 Å². The van der Waals surface area contributed by atoms with Crippen molar-refractivity contribution in [1.82, 2.24) is 0 Å². The molecule has 0 spiro atoms. The van der Waals surface area contributed by atoms with Gasteiger partial charge < -0.3 is 4.74 Å². The average molecular weight is 238 g/mol. The van der Waals surface area contributed by atoms with Crippen LogP contribution in [0.2, 0.25) is 0 Å². The lowest BCUT2D eigenvalue weighted by Crippen LogP contribution is -2.36. The Labute approximate surface area is 105 Å². The molecule has 17 heavy (non-hydrogen) atoms. The number of rotatable bonds is 4. The van der Waals surface area contributed by atoms with Gasteiger partial charge in [-0.05, 0) is 63.7 Å². The van der Waals surface area contributed by atoms with Crippen LogP contribution in [0.15, 0.2) is 0 Å². The lowest BCUT2D eigenvalue weighted by Gasteiger charge is -2.32. The van der Waals surface area contributed by atoms with E-state index in [0.29, 0.717) is 11.8 Å². The van der Waals surface area contributed by atoms with Crippen LogP contribution < -0.4 is 0 Å². The molecule has 2 fully saturated rings. The van der Waals surface area contributed by atoms with Crippen LogP contribution in [0, 0.1) is 23.2 Å². The van der Waals surface area contributed by atoms with E-state index in [-0.39, 0.29) is 17.5 Å². The van der Waals surface area contributed by atoms with Gasteiger partial charge >= 0.3 is 5.97 Å². The minimum atomic E-state index is -0.319. The molecule has 0 aromatic heterocycles. The zero-order valence-corrected chi connectivity index (χ0v) is 11.7. The van der Waals surface area contributed by atoms with Gasteiger partial charge in [0.15, 0.2) is 0 Å². The fourth-order valence-electron chi connectivity index (χ4n) is 3.53. The Balaban J connectivity index is 2.01. The summed E-state index contributed by atoms with van der Waals surface area (Å²) in [7, 11) is 0. The molecule has 0 amide bonds. The van der Waals surface area contributed by atoms with Crippen molar-refractivity contribution in [3.05, 3.63) is 0 Å². The minimum absolute atomic E-state index is 0.0102. The van der Waals surface area contributed by atoms with Gasteiger partial charge in [0.05, 0.1) is 5.41 Å². The van der Waals surface area contributed by atoms with Crippen LogP contribution in [0.1, 0.15) is 59.8 Å². The topological polar surface area (TPSA) is 26.3 Å². The van der Waals surface area contributed by atoms with Crippen molar-refractivity contribution in [2.75, 3.05) is 0 Å². The van der Waals surface area contributed by atoms with Gasteiger partial charge in [0, 0.05) is 0 Å². The van der Waals surface area contributed by atoms with E-state index in [1.165, 1.54) is 19.3 Å². The van der Waals surface area contributed by atoms with E-state index in [1.54, 1.807) is 0 Å². The quantitative estimate of drug-likeness (QED) is 0.696. The Morgan fingerprint density at radius 2 is 1.88 bits per heavy atom. The fraction of sp³-hybridized carbons (Fsp3) is 0.933. The van der Waals surface area contributed by atoms with Crippen LogP contribution in [0.3, 0.4) is 0 Å². The molecule has 4 atom stereocenters. The van der Waals surface area contributed by atoms with Gasteiger partial charge in [-0.1, -0.05) is 13.8 Å². The molecule has 2 heteroatoms. The van der Waals surface area contributed by atoms with Crippen LogP contribution in [0.5, 0.6) is 0 Å². The number of ether oxygens (including phenoxy) is 1. The average Bonchev–Trinajstić information content (AvgIpc) is 2.89. The molecule has 2 bridgehead atoms. The molecule has 0 aromatic carbocycles. The summed E-state index contributed by atoms with van der Waals surface area (Å²) >= 11 is 0.